The fourth-order valence-electron chi connectivity index (χ4n) is 3.05. The summed E-state index contributed by atoms with van der Waals surface area (Å²) in [5.41, 5.74) is 0.854. The monoisotopic (exact) mass is 364 g/mol. The summed E-state index contributed by atoms with van der Waals surface area (Å²) < 4.78 is 45.7. The van der Waals surface area contributed by atoms with E-state index in [2.05, 4.69) is 5.32 Å². The zero-order chi connectivity index (χ0) is 18.7. The molecule has 0 aromatic heterocycles. The van der Waals surface area contributed by atoms with Crippen molar-refractivity contribution in [2.24, 2.45) is 0 Å². The molecule has 1 heterocycles. The van der Waals surface area contributed by atoms with Crippen LogP contribution >= 0.6 is 0 Å². The van der Waals surface area contributed by atoms with Crippen LogP contribution in [0.3, 0.4) is 0 Å². The van der Waals surface area contributed by atoms with Crippen molar-refractivity contribution in [3.63, 3.8) is 0 Å². The Morgan fingerprint density at radius 2 is 1.96 bits per heavy atom. The number of rotatable bonds is 5. The summed E-state index contributed by atoms with van der Waals surface area (Å²) in [6.45, 7) is 0.581. The molecule has 1 saturated heterocycles. The molecule has 4 nitrogen and oxygen atoms in total. The van der Waals surface area contributed by atoms with Gasteiger partial charge in [0.25, 0.3) is 0 Å². The zero-order valence-corrected chi connectivity index (χ0v) is 14.2. The highest BCUT2D eigenvalue weighted by atomic mass is 19.2. The van der Waals surface area contributed by atoms with E-state index in [9.17, 15) is 18.0 Å². The maximum Gasteiger partial charge on any atom is 0.318 e. The Kier molecular flexibility index (Phi) is 5.46. The maximum atomic E-state index is 14.0. The van der Waals surface area contributed by atoms with Crippen LogP contribution in [0.4, 0.5) is 18.0 Å². The first-order valence-electron chi connectivity index (χ1n) is 8.26. The summed E-state index contributed by atoms with van der Waals surface area (Å²) in [7, 11) is 1.45. The molecule has 0 spiro atoms. The first-order valence-corrected chi connectivity index (χ1v) is 8.26. The largest absolute Gasteiger partial charge is 0.382 e. The van der Waals surface area contributed by atoms with Crippen molar-refractivity contribution >= 4 is 6.03 Å². The van der Waals surface area contributed by atoms with Crippen LogP contribution in [-0.2, 0) is 4.74 Å². The van der Waals surface area contributed by atoms with Crippen molar-refractivity contribution in [1.82, 2.24) is 10.2 Å². The van der Waals surface area contributed by atoms with Gasteiger partial charge in [-0.05, 0) is 30.2 Å². The van der Waals surface area contributed by atoms with Crippen molar-refractivity contribution in [2.45, 2.75) is 18.5 Å². The van der Waals surface area contributed by atoms with Crippen LogP contribution in [0.15, 0.2) is 42.5 Å². The smallest absolute Gasteiger partial charge is 0.318 e. The predicted octanol–water partition coefficient (Wildman–Crippen LogP) is 3.95. The van der Waals surface area contributed by atoms with E-state index in [1.54, 1.807) is 18.2 Å². The standard InChI is InChI=1S/C19H19F3N2O2/c1-26-11-17(12-6-7-15(21)16(22)10-12)23-19(25)24-9-8-18(24)13-4-2-3-5-14(13)20/h2-7,10,17-18H,8-9,11H2,1H3,(H,23,25). The van der Waals surface area contributed by atoms with Crippen molar-refractivity contribution in [1.29, 1.82) is 0 Å². The Hall–Kier alpha value is -2.54. The van der Waals surface area contributed by atoms with Crippen LogP contribution in [0.5, 0.6) is 0 Å². The fourth-order valence-corrected chi connectivity index (χ4v) is 3.05. The minimum Gasteiger partial charge on any atom is -0.382 e. The van der Waals surface area contributed by atoms with Gasteiger partial charge < -0.3 is 15.0 Å². The third kappa shape index (κ3) is 3.67. The second-order valence-electron chi connectivity index (χ2n) is 6.15. The van der Waals surface area contributed by atoms with Crippen molar-refractivity contribution in [2.75, 3.05) is 20.3 Å². The molecule has 138 valence electrons. The molecule has 2 unspecified atom stereocenters. The second kappa shape index (κ2) is 7.78. The molecule has 0 aliphatic carbocycles. The predicted molar refractivity (Wildman–Crippen MR) is 90.0 cm³/mol. The molecule has 1 aliphatic rings. The molecule has 3 rings (SSSR count). The first kappa shape index (κ1) is 18.3. The summed E-state index contributed by atoms with van der Waals surface area (Å²) in [6.07, 6.45) is 0.661. The highest BCUT2D eigenvalue weighted by molar-refractivity contribution is 5.76. The quantitative estimate of drug-likeness (QED) is 0.873. The molecule has 1 N–H and O–H groups in total. The van der Waals surface area contributed by atoms with Gasteiger partial charge in [0, 0.05) is 19.2 Å². The SMILES string of the molecule is COCC(NC(=O)N1CCC1c1ccccc1F)c1ccc(F)c(F)c1. The summed E-state index contributed by atoms with van der Waals surface area (Å²) in [6, 6.07) is 8.37. The van der Waals surface area contributed by atoms with Crippen LogP contribution in [0.25, 0.3) is 0 Å². The molecule has 0 saturated carbocycles. The number of nitrogens with zero attached hydrogens (tertiary/aromatic N) is 1. The van der Waals surface area contributed by atoms with Crippen molar-refractivity contribution < 1.29 is 22.7 Å². The molecule has 1 aliphatic heterocycles. The number of carbonyl (C=O) groups is 1. The van der Waals surface area contributed by atoms with Gasteiger partial charge in [-0.15, -0.1) is 0 Å². The second-order valence-corrected chi connectivity index (χ2v) is 6.15. The van der Waals surface area contributed by atoms with E-state index in [0.717, 1.165) is 12.1 Å². The minimum atomic E-state index is -0.994. The Morgan fingerprint density at radius 3 is 2.58 bits per heavy atom. The third-order valence-corrected chi connectivity index (χ3v) is 4.52. The Morgan fingerprint density at radius 1 is 1.19 bits per heavy atom. The molecule has 2 atom stereocenters. The molecule has 7 heteroatoms. The summed E-state index contributed by atoms with van der Waals surface area (Å²) >= 11 is 0. The number of methoxy groups -OCH3 is 1. The molecule has 26 heavy (non-hydrogen) atoms. The lowest BCUT2D eigenvalue weighted by molar-refractivity contribution is 0.103. The van der Waals surface area contributed by atoms with Crippen LogP contribution in [0.2, 0.25) is 0 Å². The number of urea groups is 1. The van der Waals surface area contributed by atoms with Crippen LogP contribution in [0.1, 0.15) is 29.6 Å². The minimum absolute atomic E-state index is 0.0923. The number of ether oxygens (including phenoxy) is 1. The van der Waals surface area contributed by atoms with E-state index >= 15 is 0 Å². The number of benzene rings is 2. The van der Waals surface area contributed by atoms with Gasteiger partial charge in [0.05, 0.1) is 18.7 Å². The highest BCUT2D eigenvalue weighted by Crippen LogP contribution is 2.34. The van der Waals surface area contributed by atoms with E-state index in [-0.39, 0.29) is 18.5 Å². The van der Waals surface area contributed by atoms with Crippen LogP contribution in [0, 0.1) is 17.5 Å². The van der Waals surface area contributed by atoms with Gasteiger partial charge in [0.2, 0.25) is 0 Å². The Bertz CT molecular complexity index is 800. The maximum absolute atomic E-state index is 14.0. The fraction of sp³-hybridized carbons (Fsp3) is 0.316. The number of amides is 2. The molecular weight excluding hydrogens is 345 g/mol. The highest BCUT2D eigenvalue weighted by Gasteiger charge is 2.35. The summed E-state index contributed by atoms with van der Waals surface area (Å²) in [5.74, 6) is -2.31. The average Bonchev–Trinajstić information content (AvgIpc) is 2.58. The molecule has 2 aromatic carbocycles. The number of hydrogen-bond acceptors (Lipinski definition) is 2. The van der Waals surface area contributed by atoms with Crippen molar-refractivity contribution in [3.8, 4) is 0 Å². The van der Waals surface area contributed by atoms with Crippen molar-refractivity contribution in [3.05, 3.63) is 71.0 Å². The number of halogens is 3. The molecular formula is C19H19F3N2O2. The lowest BCUT2D eigenvalue weighted by Gasteiger charge is -2.42. The van der Waals surface area contributed by atoms with Gasteiger partial charge in [-0.3, -0.25) is 0 Å². The van der Waals surface area contributed by atoms with Gasteiger partial charge in [0.1, 0.15) is 5.82 Å². The molecule has 2 aromatic rings. The normalized spacial score (nSPS) is 17.5. The van der Waals surface area contributed by atoms with Crippen LogP contribution < -0.4 is 5.32 Å². The zero-order valence-electron chi connectivity index (χ0n) is 14.2. The lowest BCUT2D eigenvalue weighted by atomic mass is 9.94. The van der Waals surface area contributed by atoms with E-state index < -0.39 is 23.7 Å². The number of nitrogens with one attached hydrogen (secondary N) is 1. The average molecular weight is 364 g/mol. The van der Waals surface area contributed by atoms with E-state index in [1.165, 1.54) is 24.1 Å². The lowest BCUT2D eigenvalue weighted by Crippen LogP contribution is -2.51. The number of carbonyl (C=O) groups excluding carboxylic acids is 1. The Labute approximate surface area is 149 Å². The molecule has 1 fully saturated rings. The van der Waals surface area contributed by atoms with Gasteiger partial charge in [0.15, 0.2) is 11.6 Å². The third-order valence-electron chi connectivity index (χ3n) is 4.52. The summed E-state index contributed by atoms with van der Waals surface area (Å²) in [4.78, 5) is 14.1. The van der Waals surface area contributed by atoms with Gasteiger partial charge in [-0.1, -0.05) is 24.3 Å². The van der Waals surface area contributed by atoms with E-state index in [1.807, 2.05) is 0 Å². The topological polar surface area (TPSA) is 41.6 Å². The van der Waals surface area contributed by atoms with Gasteiger partial charge in [-0.25, -0.2) is 18.0 Å². The molecule has 2 amide bonds. The number of likely N-dealkylation sites (tertiary alicyclic amines) is 1. The molecule has 0 bridgehead atoms. The van der Waals surface area contributed by atoms with Crippen LogP contribution in [-0.4, -0.2) is 31.2 Å². The van der Waals surface area contributed by atoms with E-state index in [4.69, 9.17) is 4.74 Å². The van der Waals surface area contributed by atoms with Gasteiger partial charge in [-0.2, -0.15) is 0 Å². The number of hydrogen-bond donors (Lipinski definition) is 1. The van der Waals surface area contributed by atoms with Gasteiger partial charge >= 0.3 is 6.03 Å². The first-order chi connectivity index (χ1) is 12.5. The molecule has 0 radical (unpaired) electrons. The summed E-state index contributed by atoms with van der Waals surface area (Å²) in [5, 5.41) is 2.75. The Balaban J connectivity index is 1.74. The van der Waals surface area contributed by atoms with E-state index in [0.29, 0.717) is 24.1 Å².